The highest BCUT2D eigenvalue weighted by Crippen LogP contribution is 2.41. The molecule has 0 saturated carbocycles. The molecular formula is C19H24N4O6S. The predicted octanol–water partition coefficient (Wildman–Crippen LogP) is 3.72. The molecule has 0 heterocycles. The number of rotatable bonds is 9. The van der Waals surface area contributed by atoms with Gasteiger partial charge >= 0.3 is 0 Å². The predicted molar refractivity (Wildman–Crippen MR) is 116 cm³/mol. The number of hydrogen-bond donors (Lipinski definition) is 2. The lowest BCUT2D eigenvalue weighted by Crippen LogP contribution is -2.25. The summed E-state index contributed by atoms with van der Waals surface area (Å²) in [5.74, 6) is 2.84. The van der Waals surface area contributed by atoms with Crippen molar-refractivity contribution < 1.29 is 28.4 Å². The number of hydrazine groups is 1. The van der Waals surface area contributed by atoms with Crippen LogP contribution in [0.15, 0.2) is 34.5 Å². The van der Waals surface area contributed by atoms with Crippen molar-refractivity contribution in [1.29, 1.82) is 0 Å². The van der Waals surface area contributed by atoms with Gasteiger partial charge in [-0.2, -0.15) is 0 Å². The second kappa shape index (κ2) is 10.9. The molecule has 2 N–H and O–H groups in total. The summed E-state index contributed by atoms with van der Waals surface area (Å²) in [4.78, 5) is 0. The molecule has 0 aliphatic rings. The zero-order chi connectivity index (χ0) is 22.1. The molecule has 0 unspecified atom stereocenters. The minimum Gasteiger partial charge on any atom is -0.493 e. The van der Waals surface area contributed by atoms with Crippen molar-refractivity contribution >= 4 is 28.7 Å². The molecule has 0 spiro atoms. The SMILES string of the molecule is COc1cc(N=NC(=S)NNc2cc(OC)c(OC)c(OC)c2)cc(OC)c1OC. The quantitative estimate of drug-likeness (QED) is 0.346. The Morgan fingerprint density at radius 1 is 0.700 bits per heavy atom. The fraction of sp³-hybridized carbons (Fsp3) is 0.316. The monoisotopic (exact) mass is 436 g/mol. The van der Waals surface area contributed by atoms with E-state index in [1.165, 1.54) is 42.7 Å². The van der Waals surface area contributed by atoms with Crippen molar-refractivity contribution in [3.05, 3.63) is 24.3 Å². The Morgan fingerprint density at radius 2 is 1.13 bits per heavy atom. The van der Waals surface area contributed by atoms with Gasteiger partial charge in [0.25, 0.3) is 0 Å². The van der Waals surface area contributed by atoms with Gasteiger partial charge in [0, 0.05) is 24.3 Å². The van der Waals surface area contributed by atoms with Gasteiger partial charge in [-0.3, -0.25) is 10.9 Å². The third-order valence-electron chi connectivity index (χ3n) is 3.88. The van der Waals surface area contributed by atoms with Gasteiger partial charge in [0.05, 0.1) is 54.0 Å². The first kappa shape index (κ1) is 22.8. The maximum Gasteiger partial charge on any atom is 0.232 e. The van der Waals surface area contributed by atoms with E-state index in [0.29, 0.717) is 45.9 Å². The average molecular weight is 436 g/mol. The molecule has 0 aliphatic carbocycles. The number of benzene rings is 2. The number of nitrogens with one attached hydrogen (secondary N) is 2. The molecular weight excluding hydrogens is 412 g/mol. The molecule has 2 aromatic rings. The second-order valence-corrected chi connectivity index (χ2v) is 5.94. The zero-order valence-corrected chi connectivity index (χ0v) is 18.4. The first-order valence-electron chi connectivity index (χ1n) is 8.58. The minimum absolute atomic E-state index is 0.0949. The van der Waals surface area contributed by atoms with Crippen LogP contribution in [0.3, 0.4) is 0 Å². The van der Waals surface area contributed by atoms with E-state index >= 15 is 0 Å². The van der Waals surface area contributed by atoms with Crippen LogP contribution in [0.5, 0.6) is 34.5 Å². The summed E-state index contributed by atoms with van der Waals surface area (Å²) in [5.41, 5.74) is 6.78. The van der Waals surface area contributed by atoms with Crippen molar-refractivity contribution in [2.45, 2.75) is 0 Å². The molecule has 2 aromatic carbocycles. The topological polar surface area (TPSA) is 104 Å². The number of nitrogens with zero attached hydrogens (tertiary/aromatic N) is 2. The molecule has 0 atom stereocenters. The standard InChI is InChI=1S/C19H24N4O6S/c1-24-13-7-11(8-14(25-2)17(13)28-5)20-22-19(30)23-21-12-9-15(26-3)18(29-6)16(10-12)27-4/h7-10,20H,1-6H3,(H,22,30). The van der Waals surface area contributed by atoms with Crippen LogP contribution < -0.4 is 39.3 Å². The number of anilines is 1. The summed E-state index contributed by atoms with van der Waals surface area (Å²) < 4.78 is 31.8. The minimum atomic E-state index is 0.0949. The van der Waals surface area contributed by atoms with E-state index in [4.69, 9.17) is 40.6 Å². The van der Waals surface area contributed by atoms with E-state index in [9.17, 15) is 0 Å². The van der Waals surface area contributed by atoms with E-state index in [-0.39, 0.29) is 5.11 Å². The Balaban J connectivity index is 2.12. The molecule has 30 heavy (non-hydrogen) atoms. The number of methoxy groups -OCH3 is 6. The van der Waals surface area contributed by atoms with E-state index in [2.05, 4.69) is 21.1 Å². The highest BCUT2D eigenvalue weighted by atomic mass is 32.1. The summed E-state index contributed by atoms with van der Waals surface area (Å²) >= 11 is 5.19. The van der Waals surface area contributed by atoms with Gasteiger partial charge in [-0.05, 0) is 12.2 Å². The first-order chi connectivity index (χ1) is 14.5. The average Bonchev–Trinajstić information content (AvgIpc) is 2.79. The Bertz CT molecular complexity index is 872. The Morgan fingerprint density at radius 3 is 1.53 bits per heavy atom. The summed E-state index contributed by atoms with van der Waals surface area (Å²) in [6, 6.07) is 6.74. The number of thiocarbonyl (C=S) groups is 1. The number of azo groups is 1. The summed E-state index contributed by atoms with van der Waals surface area (Å²) in [5, 5.41) is 8.18. The molecule has 0 fully saturated rings. The van der Waals surface area contributed by atoms with Gasteiger partial charge in [0.15, 0.2) is 23.0 Å². The second-order valence-electron chi connectivity index (χ2n) is 5.55. The lowest BCUT2D eigenvalue weighted by molar-refractivity contribution is 0.324. The third-order valence-corrected chi connectivity index (χ3v) is 4.07. The molecule has 0 aliphatic heterocycles. The van der Waals surface area contributed by atoms with Crippen LogP contribution >= 0.6 is 12.2 Å². The number of hydrogen-bond acceptors (Lipinski definition) is 9. The lowest BCUT2D eigenvalue weighted by atomic mass is 10.2. The van der Waals surface area contributed by atoms with Crippen molar-refractivity contribution in [3.8, 4) is 34.5 Å². The van der Waals surface area contributed by atoms with Crippen molar-refractivity contribution in [2.24, 2.45) is 10.2 Å². The zero-order valence-electron chi connectivity index (χ0n) is 17.6. The van der Waals surface area contributed by atoms with Crippen LogP contribution in [0.1, 0.15) is 0 Å². The third kappa shape index (κ3) is 5.32. The first-order valence-corrected chi connectivity index (χ1v) is 8.99. The maximum absolute atomic E-state index is 5.31. The normalized spacial score (nSPS) is 10.3. The van der Waals surface area contributed by atoms with E-state index < -0.39 is 0 Å². The summed E-state index contributed by atoms with van der Waals surface area (Å²) in [6.45, 7) is 0. The van der Waals surface area contributed by atoms with Crippen LogP contribution in [0.25, 0.3) is 0 Å². The fourth-order valence-corrected chi connectivity index (χ4v) is 2.62. The van der Waals surface area contributed by atoms with Crippen LogP contribution in [0.2, 0.25) is 0 Å². The van der Waals surface area contributed by atoms with Gasteiger partial charge in [0.1, 0.15) is 0 Å². The van der Waals surface area contributed by atoms with Crippen LogP contribution in [0.4, 0.5) is 11.4 Å². The molecule has 10 nitrogen and oxygen atoms in total. The largest absolute Gasteiger partial charge is 0.493 e. The number of ether oxygens (including phenoxy) is 6. The van der Waals surface area contributed by atoms with Crippen molar-refractivity contribution in [1.82, 2.24) is 5.43 Å². The van der Waals surface area contributed by atoms with E-state index in [1.807, 2.05) is 0 Å². The molecule has 11 heteroatoms. The lowest BCUT2D eigenvalue weighted by Gasteiger charge is -2.15. The Kier molecular flexibility index (Phi) is 8.29. The van der Waals surface area contributed by atoms with Gasteiger partial charge in [-0.15, -0.1) is 10.2 Å². The smallest absolute Gasteiger partial charge is 0.232 e. The van der Waals surface area contributed by atoms with E-state index in [0.717, 1.165) is 0 Å². The highest BCUT2D eigenvalue weighted by molar-refractivity contribution is 7.80. The molecule has 0 radical (unpaired) electrons. The fourth-order valence-electron chi connectivity index (χ4n) is 2.53. The van der Waals surface area contributed by atoms with Crippen LogP contribution in [-0.2, 0) is 0 Å². The molecule has 0 aromatic heterocycles. The van der Waals surface area contributed by atoms with Crippen LogP contribution in [-0.4, -0.2) is 47.8 Å². The van der Waals surface area contributed by atoms with Crippen molar-refractivity contribution in [2.75, 3.05) is 48.1 Å². The summed E-state index contributed by atoms with van der Waals surface area (Å²) in [6.07, 6.45) is 0. The van der Waals surface area contributed by atoms with Gasteiger partial charge in [-0.1, -0.05) is 0 Å². The van der Waals surface area contributed by atoms with Gasteiger partial charge < -0.3 is 28.4 Å². The Hall–Kier alpha value is -3.47. The molecule has 2 rings (SSSR count). The Labute approximate surface area is 180 Å². The van der Waals surface area contributed by atoms with Gasteiger partial charge in [0.2, 0.25) is 16.6 Å². The van der Waals surface area contributed by atoms with Crippen LogP contribution in [0, 0.1) is 0 Å². The molecule has 0 bridgehead atoms. The van der Waals surface area contributed by atoms with Gasteiger partial charge in [-0.25, -0.2) is 0 Å². The molecule has 0 saturated heterocycles. The van der Waals surface area contributed by atoms with Crippen molar-refractivity contribution in [3.63, 3.8) is 0 Å². The highest BCUT2D eigenvalue weighted by Gasteiger charge is 2.14. The molecule has 162 valence electrons. The van der Waals surface area contributed by atoms with E-state index in [1.54, 1.807) is 24.3 Å². The molecule has 0 amide bonds. The maximum atomic E-state index is 5.31. The summed E-state index contributed by atoms with van der Waals surface area (Å²) in [7, 11) is 9.16.